The third-order valence-electron chi connectivity index (χ3n) is 5.17. The van der Waals surface area contributed by atoms with Crippen molar-refractivity contribution in [3.05, 3.63) is 41.9 Å². The molecule has 1 N–H and O–H groups in total. The molecule has 4 heteroatoms. The Morgan fingerprint density at radius 2 is 2.17 bits per heavy atom. The third kappa shape index (κ3) is 3.23. The molecule has 0 saturated carbocycles. The van der Waals surface area contributed by atoms with Crippen LogP contribution >= 0.6 is 0 Å². The summed E-state index contributed by atoms with van der Waals surface area (Å²) in [6.07, 6.45) is 6.01. The van der Waals surface area contributed by atoms with Crippen molar-refractivity contribution in [2.45, 2.75) is 52.5 Å². The molecule has 2 aromatic rings. The van der Waals surface area contributed by atoms with E-state index in [1.807, 2.05) is 30.2 Å². The van der Waals surface area contributed by atoms with Crippen molar-refractivity contribution in [2.24, 2.45) is 5.92 Å². The number of imidazole rings is 1. The van der Waals surface area contributed by atoms with Crippen molar-refractivity contribution in [3.8, 4) is 11.3 Å². The summed E-state index contributed by atoms with van der Waals surface area (Å²) in [5.74, 6) is 1.26. The van der Waals surface area contributed by atoms with E-state index in [2.05, 4.69) is 35.9 Å². The standard InChI is InChI=1S/C20H27N3O/c1-4-14(2)20(24)23-12-8-7-11-18(23)19-21-13-17(22-19)16-10-6-5-9-15(16)3/h5-6,9-10,13-14,18H,4,7-8,11-12H2,1-3H3,(H,21,22). The number of benzene rings is 1. The number of hydrogen-bond donors (Lipinski definition) is 1. The van der Waals surface area contributed by atoms with Gasteiger partial charge < -0.3 is 9.88 Å². The average molecular weight is 325 g/mol. The van der Waals surface area contributed by atoms with Crippen molar-refractivity contribution < 1.29 is 4.79 Å². The number of nitrogens with zero attached hydrogens (tertiary/aromatic N) is 2. The number of hydrogen-bond acceptors (Lipinski definition) is 2. The number of piperidine rings is 1. The summed E-state index contributed by atoms with van der Waals surface area (Å²) in [5, 5.41) is 0. The molecule has 1 aromatic heterocycles. The Kier molecular flexibility index (Phi) is 5.03. The fourth-order valence-electron chi connectivity index (χ4n) is 3.46. The molecule has 0 bridgehead atoms. The van der Waals surface area contributed by atoms with Crippen LogP contribution in [0.3, 0.4) is 0 Å². The predicted octanol–water partition coefficient (Wildman–Crippen LogP) is 4.48. The molecule has 1 saturated heterocycles. The van der Waals surface area contributed by atoms with Crippen LogP contribution in [0.5, 0.6) is 0 Å². The van der Waals surface area contributed by atoms with Crippen molar-refractivity contribution in [1.82, 2.24) is 14.9 Å². The predicted molar refractivity (Wildman–Crippen MR) is 96.5 cm³/mol. The minimum Gasteiger partial charge on any atom is -0.340 e. The smallest absolute Gasteiger partial charge is 0.226 e. The van der Waals surface area contributed by atoms with Crippen LogP contribution in [0.4, 0.5) is 0 Å². The molecule has 24 heavy (non-hydrogen) atoms. The van der Waals surface area contributed by atoms with Gasteiger partial charge in [0.2, 0.25) is 5.91 Å². The molecule has 2 unspecified atom stereocenters. The van der Waals surface area contributed by atoms with E-state index >= 15 is 0 Å². The molecule has 2 heterocycles. The molecular formula is C20H27N3O. The quantitative estimate of drug-likeness (QED) is 0.900. The van der Waals surface area contributed by atoms with Gasteiger partial charge in [0.05, 0.1) is 17.9 Å². The molecule has 1 aliphatic rings. The highest BCUT2D eigenvalue weighted by molar-refractivity contribution is 5.79. The van der Waals surface area contributed by atoms with Crippen molar-refractivity contribution in [1.29, 1.82) is 0 Å². The Labute approximate surface area is 144 Å². The number of amides is 1. The van der Waals surface area contributed by atoms with Gasteiger partial charge in [-0.1, -0.05) is 38.1 Å². The Hall–Kier alpha value is -2.10. The van der Waals surface area contributed by atoms with E-state index in [1.165, 1.54) is 11.1 Å². The number of carbonyl (C=O) groups excluding carboxylic acids is 1. The maximum atomic E-state index is 12.7. The first-order chi connectivity index (χ1) is 11.6. The van der Waals surface area contributed by atoms with Gasteiger partial charge in [-0.2, -0.15) is 0 Å². The van der Waals surface area contributed by atoms with Crippen molar-refractivity contribution >= 4 is 5.91 Å². The first kappa shape index (κ1) is 16.7. The molecule has 1 fully saturated rings. The van der Waals surface area contributed by atoms with Gasteiger partial charge in [0, 0.05) is 18.0 Å². The monoisotopic (exact) mass is 325 g/mol. The topological polar surface area (TPSA) is 49.0 Å². The Morgan fingerprint density at radius 3 is 2.92 bits per heavy atom. The van der Waals surface area contributed by atoms with Gasteiger partial charge in [-0.05, 0) is 38.2 Å². The molecule has 4 nitrogen and oxygen atoms in total. The zero-order valence-corrected chi connectivity index (χ0v) is 14.9. The van der Waals surface area contributed by atoms with Crippen LogP contribution in [0.25, 0.3) is 11.3 Å². The molecule has 0 radical (unpaired) electrons. The van der Waals surface area contributed by atoms with Gasteiger partial charge in [-0.15, -0.1) is 0 Å². The summed E-state index contributed by atoms with van der Waals surface area (Å²) < 4.78 is 0. The molecule has 2 atom stereocenters. The number of H-pyrrole nitrogens is 1. The number of rotatable bonds is 4. The average Bonchev–Trinajstić information content (AvgIpc) is 3.10. The van der Waals surface area contributed by atoms with Crippen LogP contribution in [-0.4, -0.2) is 27.3 Å². The summed E-state index contributed by atoms with van der Waals surface area (Å²) in [6.45, 7) is 7.04. The van der Waals surface area contributed by atoms with Crippen LogP contribution < -0.4 is 0 Å². The number of likely N-dealkylation sites (tertiary alicyclic amines) is 1. The molecule has 0 spiro atoms. The lowest BCUT2D eigenvalue weighted by Crippen LogP contribution is -2.41. The van der Waals surface area contributed by atoms with Crippen LogP contribution in [0.15, 0.2) is 30.5 Å². The van der Waals surface area contributed by atoms with Gasteiger partial charge in [0.1, 0.15) is 5.82 Å². The maximum absolute atomic E-state index is 12.7. The van der Waals surface area contributed by atoms with E-state index in [-0.39, 0.29) is 17.9 Å². The summed E-state index contributed by atoms with van der Waals surface area (Å²) in [4.78, 5) is 22.9. The van der Waals surface area contributed by atoms with E-state index in [1.54, 1.807) is 0 Å². The first-order valence-electron chi connectivity index (χ1n) is 9.03. The van der Waals surface area contributed by atoms with Crippen LogP contribution in [-0.2, 0) is 4.79 Å². The van der Waals surface area contributed by atoms with Crippen LogP contribution in [0, 0.1) is 12.8 Å². The van der Waals surface area contributed by atoms with Gasteiger partial charge in [0.15, 0.2) is 0 Å². The molecule has 128 valence electrons. The number of aryl methyl sites for hydroxylation is 1. The first-order valence-corrected chi connectivity index (χ1v) is 9.03. The Morgan fingerprint density at radius 1 is 1.38 bits per heavy atom. The lowest BCUT2D eigenvalue weighted by molar-refractivity contribution is -0.139. The Balaban J connectivity index is 1.87. The van der Waals surface area contributed by atoms with Crippen molar-refractivity contribution in [3.63, 3.8) is 0 Å². The van der Waals surface area contributed by atoms with Crippen LogP contribution in [0.2, 0.25) is 0 Å². The second-order valence-corrected chi connectivity index (χ2v) is 6.85. The second-order valence-electron chi connectivity index (χ2n) is 6.85. The molecule has 3 rings (SSSR count). The van der Waals surface area contributed by atoms with Gasteiger partial charge in [-0.25, -0.2) is 4.98 Å². The van der Waals surface area contributed by atoms with E-state index in [4.69, 9.17) is 0 Å². The lowest BCUT2D eigenvalue weighted by atomic mass is 9.98. The molecule has 1 aromatic carbocycles. The largest absolute Gasteiger partial charge is 0.340 e. The van der Waals surface area contributed by atoms with Crippen molar-refractivity contribution in [2.75, 3.05) is 6.54 Å². The molecular weight excluding hydrogens is 298 g/mol. The molecule has 1 amide bonds. The number of nitrogens with one attached hydrogen (secondary N) is 1. The maximum Gasteiger partial charge on any atom is 0.226 e. The summed E-state index contributed by atoms with van der Waals surface area (Å²) in [5.41, 5.74) is 3.43. The number of aromatic nitrogens is 2. The number of carbonyl (C=O) groups is 1. The zero-order chi connectivity index (χ0) is 17.1. The molecule has 1 aliphatic heterocycles. The normalized spacial score (nSPS) is 19.3. The summed E-state index contributed by atoms with van der Waals surface area (Å²) in [6, 6.07) is 8.38. The van der Waals surface area contributed by atoms with E-state index in [0.29, 0.717) is 0 Å². The van der Waals surface area contributed by atoms with E-state index in [9.17, 15) is 4.79 Å². The van der Waals surface area contributed by atoms with E-state index < -0.39 is 0 Å². The number of aromatic amines is 1. The fourth-order valence-corrected chi connectivity index (χ4v) is 3.46. The Bertz CT molecular complexity index is 706. The van der Waals surface area contributed by atoms with E-state index in [0.717, 1.165) is 43.7 Å². The fraction of sp³-hybridized carbons (Fsp3) is 0.500. The highest BCUT2D eigenvalue weighted by Gasteiger charge is 2.31. The third-order valence-corrected chi connectivity index (χ3v) is 5.17. The zero-order valence-electron chi connectivity index (χ0n) is 14.9. The summed E-state index contributed by atoms with van der Waals surface area (Å²) in [7, 11) is 0. The van der Waals surface area contributed by atoms with Gasteiger partial charge in [0.25, 0.3) is 0 Å². The lowest BCUT2D eigenvalue weighted by Gasteiger charge is -2.36. The minimum absolute atomic E-state index is 0.0800. The second kappa shape index (κ2) is 7.20. The highest BCUT2D eigenvalue weighted by Crippen LogP contribution is 2.32. The highest BCUT2D eigenvalue weighted by atomic mass is 16.2. The van der Waals surface area contributed by atoms with Crippen LogP contribution in [0.1, 0.15) is 57.0 Å². The van der Waals surface area contributed by atoms with Gasteiger partial charge in [-0.3, -0.25) is 4.79 Å². The summed E-state index contributed by atoms with van der Waals surface area (Å²) >= 11 is 0. The molecule has 0 aliphatic carbocycles. The van der Waals surface area contributed by atoms with Gasteiger partial charge >= 0.3 is 0 Å². The SMILES string of the molecule is CCC(C)C(=O)N1CCCCC1c1ncc(-c2ccccc2C)[nH]1. The minimum atomic E-state index is 0.0800.